The van der Waals surface area contributed by atoms with Gasteiger partial charge in [0.25, 0.3) is 5.91 Å². The lowest BCUT2D eigenvalue weighted by atomic mass is 9.86. The van der Waals surface area contributed by atoms with Gasteiger partial charge in [0.1, 0.15) is 17.6 Å². The van der Waals surface area contributed by atoms with E-state index in [0.717, 1.165) is 23.3 Å². The molecule has 2 aromatic carbocycles. The number of anilines is 1. The van der Waals surface area contributed by atoms with Gasteiger partial charge < -0.3 is 24.6 Å². The monoisotopic (exact) mass is 644 g/mol. The maximum absolute atomic E-state index is 13.5. The maximum atomic E-state index is 13.5. The molecule has 2 amide bonds. The number of benzene rings is 2. The minimum atomic E-state index is -1.18. The molecule has 0 aliphatic carbocycles. The molecule has 0 aliphatic heterocycles. The number of aliphatic hydroxyl groups excluding tert-OH is 1. The number of carbonyl (C=O) groups is 2. The second-order valence-electron chi connectivity index (χ2n) is 11.7. The molecule has 0 aliphatic rings. The van der Waals surface area contributed by atoms with Crippen LogP contribution >= 0.6 is 0 Å². The first-order chi connectivity index (χ1) is 22.0. The van der Waals surface area contributed by atoms with Gasteiger partial charge in [0.2, 0.25) is 5.91 Å². The van der Waals surface area contributed by atoms with Crippen molar-refractivity contribution in [1.82, 2.24) is 10.7 Å². The van der Waals surface area contributed by atoms with Crippen molar-refractivity contribution in [2.45, 2.75) is 78.7 Å². The van der Waals surface area contributed by atoms with Crippen molar-refractivity contribution in [1.29, 1.82) is 0 Å². The summed E-state index contributed by atoms with van der Waals surface area (Å²) in [5, 5.41) is 17.7. The third-order valence-corrected chi connectivity index (χ3v) is 7.81. The number of methoxy groups -OCH3 is 1. The van der Waals surface area contributed by atoms with Crippen LogP contribution in [0.15, 0.2) is 47.6 Å². The normalized spacial score (nSPS) is 14.4. The number of ether oxygens (including phenoxy) is 3. The summed E-state index contributed by atoms with van der Waals surface area (Å²) in [5.74, 6) is -1.63. The molecule has 0 heterocycles. The van der Waals surface area contributed by atoms with Crippen LogP contribution in [0, 0.1) is 30.5 Å². The van der Waals surface area contributed by atoms with Crippen molar-refractivity contribution in [3.63, 3.8) is 0 Å². The van der Waals surface area contributed by atoms with Gasteiger partial charge >= 0.3 is 0 Å². The molecule has 0 fully saturated rings. The molecule has 0 saturated heterocycles. The second-order valence-corrected chi connectivity index (χ2v) is 11.7. The highest BCUT2D eigenvalue weighted by Gasteiger charge is 2.33. The Morgan fingerprint density at radius 3 is 2.43 bits per heavy atom. The van der Waals surface area contributed by atoms with Gasteiger partial charge in [-0.3, -0.25) is 20.4 Å². The average molecular weight is 645 g/mol. The summed E-state index contributed by atoms with van der Waals surface area (Å²) < 4.78 is 30.0. The van der Waals surface area contributed by atoms with Crippen LogP contribution in [-0.4, -0.2) is 62.0 Å². The van der Waals surface area contributed by atoms with E-state index in [1.165, 1.54) is 24.3 Å². The van der Waals surface area contributed by atoms with Crippen LogP contribution in [0.25, 0.3) is 10.4 Å². The quantitative estimate of drug-likeness (QED) is 0.0461. The molecule has 0 spiro atoms. The minimum absolute atomic E-state index is 0.0107. The summed E-state index contributed by atoms with van der Waals surface area (Å²) in [7, 11) is 1.64. The van der Waals surface area contributed by atoms with Gasteiger partial charge in [0.15, 0.2) is 0 Å². The summed E-state index contributed by atoms with van der Waals surface area (Å²) >= 11 is 0. The predicted molar refractivity (Wildman–Crippen MR) is 174 cm³/mol. The lowest BCUT2D eigenvalue weighted by Crippen LogP contribution is -2.53. The molecule has 5 atom stereocenters. The van der Waals surface area contributed by atoms with Crippen molar-refractivity contribution < 1.29 is 33.3 Å². The zero-order valence-electron chi connectivity index (χ0n) is 27.7. The molecule has 4 N–H and O–H groups in total. The highest BCUT2D eigenvalue weighted by molar-refractivity contribution is 5.89. The summed E-state index contributed by atoms with van der Waals surface area (Å²) in [6, 6.07) is 9.39. The van der Waals surface area contributed by atoms with Gasteiger partial charge in [-0.15, -0.1) is 0 Å². The van der Waals surface area contributed by atoms with Crippen LogP contribution in [0.4, 0.5) is 10.1 Å². The number of carbonyl (C=O) groups excluding carboxylic acids is 2. The van der Waals surface area contributed by atoms with Gasteiger partial charge in [-0.25, -0.2) is 4.39 Å². The lowest BCUT2D eigenvalue weighted by molar-refractivity contribution is -0.133. The van der Waals surface area contributed by atoms with Crippen molar-refractivity contribution in [3.05, 3.63) is 69.9 Å². The van der Waals surface area contributed by atoms with Crippen molar-refractivity contribution in [3.8, 4) is 5.75 Å². The Balaban J connectivity index is 2.02. The summed E-state index contributed by atoms with van der Waals surface area (Å²) in [5.41, 5.74) is 16.8. The number of hydrogen-bond acceptors (Lipinski definition) is 8. The van der Waals surface area contributed by atoms with E-state index in [0.29, 0.717) is 25.3 Å². The number of hydrazine groups is 1. The standard InChI is InChI=1S/C33H49FN6O6/c1-7-22(4)31(33(43)39-37-26-13-11-25(34)12-14-26)36-32(42)27(21(2)3)18-29(41)28(38-40-35)20-45-19-24-10-9-23(5)30(17-24)46-16-8-15-44-6/h9-14,17,21-22,27-29,31,37,41H,7-8,15-16,18-20H2,1-6H3,(H,36,42)(H,39,43)/t22-,27-,28-,29-,31-/m0/s1. The average Bonchev–Trinajstić information content (AvgIpc) is 3.04. The Labute approximate surface area is 271 Å². The van der Waals surface area contributed by atoms with Gasteiger partial charge in [-0.05, 0) is 72.2 Å². The smallest absolute Gasteiger partial charge is 0.261 e. The first kappa shape index (κ1) is 38.3. The van der Waals surface area contributed by atoms with E-state index in [1.54, 1.807) is 7.11 Å². The number of aryl methyl sites for hydroxylation is 1. The van der Waals surface area contributed by atoms with Crippen LogP contribution in [0.2, 0.25) is 0 Å². The molecular formula is C33H49FN6O6. The zero-order valence-corrected chi connectivity index (χ0v) is 27.7. The SMILES string of the molecule is CC[C@H](C)[C@H](NC(=O)[C@@H](C[C@H](O)[C@H](COCc1ccc(C)c(OCCCOC)c1)N=[N+]=[N-])C(C)C)C(=O)NNc1ccc(F)cc1. The molecule has 0 bridgehead atoms. The summed E-state index contributed by atoms with van der Waals surface area (Å²) in [6.45, 7) is 10.7. The van der Waals surface area contributed by atoms with E-state index in [1.807, 2.05) is 52.8 Å². The fourth-order valence-electron chi connectivity index (χ4n) is 4.67. The molecule has 254 valence electrons. The minimum Gasteiger partial charge on any atom is -0.493 e. The molecule has 2 rings (SSSR count). The molecule has 0 radical (unpaired) electrons. The van der Waals surface area contributed by atoms with Crippen LogP contribution in [-0.2, 0) is 25.7 Å². The number of halogens is 1. The van der Waals surface area contributed by atoms with E-state index in [4.69, 9.17) is 14.2 Å². The Morgan fingerprint density at radius 2 is 1.80 bits per heavy atom. The van der Waals surface area contributed by atoms with Crippen LogP contribution < -0.4 is 20.9 Å². The highest BCUT2D eigenvalue weighted by atomic mass is 19.1. The fraction of sp³-hybridized carbons (Fsp3) is 0.576. The topological polar surface area (TPSA) is 167 Å². The van der Waals surface area contributed by atoms with E-state index in [-0.39, 0.29) is 31.5 Å². The lowest BCUT2D eigenvalue weighted by Gasteiger charge is -2.29. The molecule has 0 saturated carbocycles. The number of rotatable bonds is 21. The van der Waals surface area contributed by atoms with E-state index < -0.39 is 41.7 Å². The number of amides is 2. The number of nitrogens with zero attached hydrogens (tertiary/aromatic N) is 3. The van der Waals surface area contributed by atoms with Gasteiger partial charge in [-0.1, -0.05) is 51.4 Å². The van der Waals surface area contributed by atoms with Crippen molar-refractivity contribution in [2.24, 2.45) is 22.9 Å². The Morgan fingerprint density at radius 1 is 1.09 bits per heavy atom. The number of hydrogen-bond donors (Lipinski definition) is 4. The Kier molecular flexibility index (Phi) is 16.9. The third kappa shape index (κ3) is 12.8. The highest BCUT2D eigenvalue weighted by Crippen LogP contribution is 2.23. The first-order valence-electron chi connectivity index (χ1n) is 15.6. The number of nitrogens with one attached hydrogen (secondary N) is 3. The van der Waals surface area contributed by atoms with Crippen LogP contribution in [0.3, 0.4) is 0 Å². The van der Waals surface area contributed by atoms with E-state index in [9.17, 15) is 24.6 Å². The Bertz CT molecular complexity index is 1270. The molecule has 13 heteroatoms. The maximum Gasteiger partial charge on any atom is 0.261 e. The molecule has 2 aromatic rings. The Hall–Kier alpha value is -3.90. The molecule has 46 heavy (non-hydrogen) atoms. The molecule has 0 aromatic heterocycles. The fourth-order valence-corrected chi connectivity index (χ4v) is 4.67. The molecular weight excluding hydrogens is 595 g/mol. The molecule has 12 nitrogen and oxygen atoms in total. The third-order valence-electron chi connectivity index (χ3n) is 7.81. The molecule has 0 unspecified atom stereocenters. The van der Waals surface area contributed by atoms with Crippen molar-refractivity contribution >= 4 is 17.5 Å². The van der Waals surface area contributed by atoms with Gasteiger partial charge in [0, 0.05) is 31.0 Å². The predicted octanol–water partition coefficient (Wildman–Crippen LogP) is 5.44. The van der Waals surface area contributed by atoms with Crippen LogP contribution in [0.5, 0.6) is 5.75 Å². The second kappa shape index (κ2) is 20.3. The zero-order chi connectivity index (χ0) is 34.1. The summed E-state index contributed by atoms with van der Waals surface area (Å²) in [4.78, 5) is 29.5. The summed E-state index contributed by atoms with van der Waals surface area (Å²) in [6.07, 6.45) is 0.187. The van der Waals surface area contributed by atoms with Crippen molar-refractivity contribution in [2.75, 3.05) is 32.4 Å². The van der Waals surface area contributed by atoms with E-state index in [2.05, 4.69) is 26.2 Å². The number of azide groups is 1. The number of aliphatic hydroxyl groups is 1. The largest absolute Gasteiger partial charge is 0.493 e. The van der Waals surface area contributed by atoms with Gasteiger partial charge in [0.05, 0.1) is 37.7 Å². The van der Waals surface area contributed by atoms with E-state index >= 15 is 0 Å². The van der Waals surface area contributed by atoms with Crippen LogP contribution in [0.1, 0.15) is 58.1 Å². The van der Waals surface area contributed by atoms with Gasteiger partial charge in [-0.2, -0.15) is 0 Å². The first-order valence-corrected chi connectivity index (χ1v) is 15.6.